The predicted octanol–water partition coefficient (Wildman–Crippen LogP) is 1.57. The molecule has 1 heterocycles. The minimum absolute atomic E-state index is 0.304. The molecular weight excluding hydrogens is 186 g/mol. The van der Waals surface area contributed by atoms with Gasteiger partial charge in [-0.25, -0.2) is 0 Å². The molecule has 0 spiro atoms. The molecule has 0 radical (unpaired) electrons. The Morgan fingerprint density at radius 2 is 2.20 bits per heavy atom. The van der Waals surface area contributed by atoms with Crippen LogP contribution in [0.4, 0.5) is 5.69 Å². The number of anilines is 1. The molecule has 1 aliphatic carbocycles. The summed E-state index contributed by atoms with van der Waals surface area (Å²) in [5, 5.41) is 1.25. The SMILES string of the molecule is Nc1ccc2[nH]c3c(c2c1)C[C@@H](N)CC3. The molecule has 5 N–H and O–H groups in total. The van der Waals surface area contributed by atoms with Crippen LogP contribution in [0.25, 0.3) is 10.9 Å². The van der Waals surface area contributed by atoms with E-state index in [2.05, 4.69) is 11.1 Å². The van der Waals surface area contributed by atoms with Crippen molar-refractivity contribution in [3.8, 4) is 0 Å². The van der Waals surface area contributed by atoms with Crippen molar-refractivity contribution in [1.82, 2.24) is 4.98 Å². The number of benzene rings is 1. The molecule has 0 aliphatic heterocycles. The Hall–Kier alpha value is -1.48. The maximum atomic E-state index is 5.99. The first-order chi connectivity index (χ1) is 7.24. The average Bonchev–Trinajstić information content (AvgIpc) is 2.56. The summed E-state index contributed by atoms with van der Waals surface area (Å²) in [6.45, 7) is 0. The van der Waals surface area contributed by atoms with Crippen molar-refractivity contribution in [2.75, 3.05) is 5.73 Å². The van der Waals surface area contributed by atoms with Crippen molar-refractivity contribution in [2.24, 2.45) is 5.73 Å². The lowest BCUT2D eigenvalue weighted by atomic mass is 9.92. The van der Waals surface area contributed by atoms with Crippen LogP contribution in [0.5, 0.6) is 0 Å². The van der Waals surface area contributed by atoms with Gasteiger partial charge in [-0.15, -0.1) is 0 Å². The van der Waals surface area contributed by atoms with Gasteiger partial charge in [-0.3, -0.25) is 0 Å². The second-order valence-electron chi connectivity index (χ2n) is 4.39. The minimum Gasteiger partial charge on any atom is -0.399 e. The number of aromatic amines is 1. The zero-order chi connectivity index (χ0) is 10.4. The van der Waals surface area contributed by atoms with E-state index in [9.17, 15) is 0 Å². The molecular formula is C12H15N3. The Kier molecular flexibility index (Phi) is 1.76. The molecule has 0 bridgehead atoms. The number of aryl methyl sites for hydroxylation is 1. The Morgan fingerprint density at radius 3 is 3.07 bits per heavy atom. The number of rotatable bonds is 0. The molecule has 1 aliphatic rings. The average molecular weight is 201 g/mol. The lowest BCUT2D eigenvalue weighted by molar-refractivity contribution is 0.574. The van der Waals surface area contributed by atoms with Crippen LogP contribution in [-0.2, 0) is 12.8 Å². The van der Waals surface area contributed by atoms with Crippen LogP contribution in [0, 0.1) is 0 Å². The molecule has 3 rings (SSSR count). The summed E-state index contributed by atoms with van der Waals surface area (Å²) in [5.74, 6) is 0. The van der Waals surface area contributed by atoms with Gasteiger partial charge in [-0.05, 0) is 43.0 Å². The molecule has 2 aromatic rings. The van der Waals surface area contributed by atoms with Gasteiger partial charge in [0.25, 0.3) is 0 Å². The fourth-order valence-electron chi connectivity index (χ4n) is 2.46. The largest absolute Gasteiger partial charge is 0.399 e. The zero-order valence-corrected chi connectivity index (χ0v) is 8.59. The number of H-pyrrole nitrogens is 1. The summed E-state index contributed by atoms with van der Waals surface area (Å²) in [7, 11) is 0. The Bertz CT molecular complexity index is 513. The third kappa shape index (κ3) is 1.31. The Balaban J connectivity index is 2.25. The molecule has 0 saturated heterocycles. The highest BCUT2D eigenvalue weighted by molar-refractivity contribution is 5.87. The summed E-state index contributed by atoms with van der Waals surface area (Å²) in [4.78, 5) is 3.45. The lowest BCUT2D eigenvalue weighted by Crippen LogP contribution is -2.27. The van der Waals surface area contributed by atoms with E-state index in [1.165, 1.54) is 22.2 Å². The quantitative estimate of drug-likeness (QED) is 0.566. The monoisotopic (exact) mass is 201 g/mol. The summed E-state index contributed by atoms with van der Waals surface area (Å²) in [6.07, 6.45) is 3.11. The number of aromatic nitrogens is 1. The highest BCUT2D eigenvalue weighted by Crippen LogP contribution is 2.29. The van der Waals surface area contributed by atoms with E-state index >= 15 is 0 Å². The number of hydrogen-bond acceptors (Lipinski definition) is 2. The topological polar surface area (TPSA) is 67.8 Å². The van der Waals surface area contributed by atoms with E-state index in [-0.39, 0.29) is 0 Å². The predicted molar refractivity (Wildman–Crippen MR) is 62.7 cm³/mol. The number of nitrogens with two attached hydrogens (primary N) is 2. The number of fused-ring (bicyclic) bond motifs is 3. The van der Waals surface area contributed by atoms with Gasteiger partial charge in [0, 0.05) is 28.3 Å². The molecule has 78 valence electrons. The molecule has 0 saturated carbocycles. The third-order valence-electron chi connectivity index (χ3n) is 3.25. The van der Waals surface area contributed by atoms with Crippen molar-refractivity contribution in [3.63, 3.8) is 0 Å². The molecule has 1 atom stereocenters. The van der Waals surface area contributed by atoms with Crippen LogP contribution in [0.15, 0.2) is 18.2 Å². The first-order valence-corrected chi connectivity index (χ1v) is 5.38. The minimum atomic E-state index is 0.304. The standard InChI is InChI=1S/C12H15N3/c13-7-1-3-11-9(5-7)10-6-8(14)2-4-12(10)15-11/h1,3,5,8,15H,2,4,6,13-14H2/t8-/m0/s1. The van der Waals surface area contributed by atoms with Crippen LogP contribution in [0.3, 0.4) is 0 Å². The van der Waals surface area contributed by atoms with Crippen molar-refractivity contribution < 1.29 is 0 Å². The molecule has 0 unspecified atom stereocenters. The normalized spacial score (nSPS) is 20.5. The fourth-order valence-corrected chi connectivity index (χ4v) is 2.46. The lowest BCUT2D eigenvalue weighted by Gasteiger charge is -2.18. The summed E-state index contributed by atoms with van der Waals surface area (Å²) in [6, 6.07) is 6.33. The molecule has 1 aromatic heterocycles. The zero-order valence-electron chi connectivity index (χ0n) is 8.59. The van der Waals surface area contributed by atoms with Gasteiger partial charge in [0.1, 0.15) is 0 Å². The maximum absolute atomic E-state index is 5.99. The van der Waals surface area contributed by atoms with Crippen LogP contribution in [0.1, 0.15) is 17.7 Å². The second-order valence-corrected chi connectivity index (χ2v) is 4.39. The molecule has 3 heteroatoms. The van der Waals surface area contributed by atoms with Gasteiger partial charge in [0.2, 0.25) is 0 Å². The maximum Gasteiger partial charge on any atom is 0.0460 e. The summed E-state index contributed by atoms with van der Waals surface area (Å²) >= 11 is 0. The number of nitrogens with one attached hydrogen (secondary N) is 1. The first kappa shape index (κ1) is 8.80. The van der Waals surface area contributed by atoms with Gasteiger partial charge in [0.15, 0.2) is 0 Å². The molecule has 0 amide bonds. The van der Waals surface area contributed by atoms with Crippen molar-refractivity contribution in [2.45, 2.75) is 25.3 Å². The Labute approximate surface area is 88.5 Å². The van der Waals surface area contributed by atoms with Crippen LogP contribution in [-0.4, -0.2) is 11.0 Å². The number of hydrogen-bond donors (Lipinski definition) is 3. The fraction of sp³-hybridized carbons (Fsp3) is 0.333. The van der Waals surface area contributed by atoms with E-state index in [0.29, 0.717) is 6.04 Å². The van der Waals surface area contributed by atoms with E-state index in [1.54, 1.807) is 0 Å². The first-order valence-electron chi connectivity index (χ1n) is 5.38. The van der Waals surface area contributed by atoms with Gasteiger partial charge in [0.05, 0.1) is 0 Å². The summed E-state index contributed by atoms with van der Waals surface area (Å²) < 4.78 is 0. The van der Waals surface area contributed by atoms with Crippen LogP contribution < -0.4 is 11.5 Å². The van der Waals surface area contributed by atoms with E-state index in [1.807, 2.05) is 12.1 Å². The molecule has 3 nitrogen and oxygen atoms in total. The summed E-state index contributed by atoms with van der Waals surface area (Å²) in [5.41, 5.74) is 16.5. The van der Waals surface area contributed by atoms with Crippen LogP contribution >= 0.6 is 0 Å². The molecule has 1 aromatic carbocycles. The Morgan fingerprint density at radius 1 is 1.33 bits per heavy atom. The highest BCUT2D eigenvalue weighted by Gasteiger charge is 2.19. The van der Waals surface area contributed by atoms with Crippen LogP contribution in [0.2, 0.25) is 0 Å². The van der Waals surface area contributed by atoms with Crippen molar-refractivity contribution in [1.29, 1.82) is 0 Å². The van der Waals surface area contributed by atoms with Gasteiger partial charge >= 0.3 is 0 Å². The smallest absolute Gasteiger partial charge is 0.0460 e. The number of nitrogen functional groups attached to an aromatic ring is 1. The molecule has 0 fully saturated rings. The van der Waals surface area contributed by atoms with Crippen molar-refractivity contribution in [3.05, 3.63) is 29.5 Å². The van der Waals surface area contributed by atoms with Gasteiger partial charge in [-0.2, -0.15) is 0 Å². The van der Waals surface area contributed by atoms with Gasteiger partial charge < -0.3 is 16.5 Å². The highest BCUT2D eigenvalue weighted by atomic mass is 14.7. The molecule has 15 heavy (non-hydrogen) atoms. The van der Waals surface area contributed by atoms with E-state index in [4.69, 9.17) is 11.5 Å². The van der Waals surface area contributed by atoms with E-state index < -0.39 is 0 Å². The van der Waals surface area contributed by atoms with E-state index in [0.717, 1.165) is 24.9 Å². The van der Waals surface area contributed by atoms with Crippen molar-refractivity contribution >= 4 is 16.6 Å². The third-order valence-corrected chi connectivity index (χ3v) is 3.25. The second kappa shape index (κ2) is 3.00. The van der Waals surface area contributed by atoms with Gasteiger partial charge in [-0.1, -0.05) is 0 Å².